The average molecular weight is 371 g/mol. The summed E-state index contributed by atoms with van der Waals surface area (Å²) in [6, 6.07) is 17.4. The third-order valence-corrected chi connectivity index (χ3v) is 5.15. The molecular weight excluding hydrogens is 354 g/mol. The van der Waals surface area contributed by atoms with E-state index in [1.54, 1.807) is 17.4 Å². The first kappa shape index (κ1) is 17.2. The number of pyridine rings is 1. The summed E-state index contributed by atoms with van der Waals surface area (Å²) in [4.78, 5) is 28.7. The summed E-state index contributed by atoms with van der Waals surface area (Å²) in [5, 5.41) is 4.76. The third-order valence-electron chi connectivity index (χ3n) is 4.45. The summed E-state index contributed by atoms with van der Waals surface area (Å²) in [5.74, 6) is -0.302. The highest BCUT2D eigenvalue weighted by Crippen LogP contribution is 2.30. The number of rotatable bonds is 4. The Bertz CT molecular complexity index is 1200. The summed E-state index contributed by atoms with van der Waals surface area (Å²) in [5.41, 5.74) is 4.06. The van der Waals surface area contributed by atoms with Crippen molar-refractivity contribution in [3.05, 3.63) is 98.5 Å². The van der Waals surface area contributed by atoms with Gasteiger partial charge in [0, 0.05) is 16.5 Å². The number of nitrogens with one attached hydrogen (secondary N) is 1. The standard InChI is InChI=1S/C23H17NO2S/c1-15-7-9-18-19(13-15)24-23(26)22(21(18)17-5-3-2-4-6-17)20(25)10-8-16-11-12-27-14-16/h2-14H,1H3,(H,24,26)/b10-8+. The minimum Gasteiger partial charge on any atom is -0.321 e. The van der Waals surface area contributed by atoms with Crippen LogP contribution in [0.5, 0.6) is 0 Å². The zero-order valence-corrected chi connectivity index (χ0v) is 15.5. The third kappa shape index (κ3) is 3.39. The lowest BCUT2D eigenvalue weighted by molar-refractivity contribution is 0.104. The zero-order chi connectivity index (χ0) is 18.8. The number of carbonyl (C=O) groups is 1. The van der Waals surface area contributed by atoms with E-state index in [-0.39, 0.29) is 16.9 Å². The van der Waals surface area contributed by atoms with Crippen LogP contribution in [0.25, 0.3) is 28.1 Å². The molecule has 27 heavy (non-hydrogen) atoms. The molecule has 4 aromatic rings. The Kier molecular flexibility index (Phi) is 4.57. The van der Waals surface area contributed by atoms with Gasteiger partial charge in [-0.2, -0.15) is 11.3 Å². The van der Waals surface area contributed by atoms with Gasteiger partial charge in [-0.05, 0) is 52.6 Å². The molecule has 2 aromatic carbocycles. The molecule has 2 aromatic heterocycles. The van der Waals surface area contributed by atoms with Crippen LogP contribution in [0.2, 0.25) is 0 Å². The molecule has 0 aliphatic rings. The van der Waals surface area contributed by atoms with Crippen LogP contribution in [0, 0.1) is 6.92 Å². The van der Waals surface area contributed by atoms with Crippen molar-refractivity contribution < 1.29 is 4.79 Å². The predicted molar refractivity (Wildman–Crippen MR) is 112 cm³/mol. The summed E-state index contributed by atoms with van der Waals surface area (Å²) >= 11 is 1.56. The van der Waals surface area contributed by atoms with Gasteiger partial charge in [0.05, 0.1) is 5.56 Å². The average Bonchev–Trinajstić information content (AvgIpc) is 3.19. The van der Waals surface area contributed by atoms with Crippen LogP contribution in [0.1, 0.15) is 21.5 Å². The molecule has 132 valence electrons. The minimum atomic E-state index is -0.369. The molecule has 0 saturated heterocycles. The topological polar surface area (TPSA) is 49.9 Å². The van der Waals surface area contributed by atoms with Crippen LogP contribution in [-0.2, 0) is 0 Å². The van der Waals surface area contributed by atoms with Crippen LogP contribution < -0.4 is 5.56 Å². The van der Waals surface area contributed by atoms with Crippen molar-refractivity contribution in [2.75, 3.05) is 0 Å². The highest BCUT2D eigenvalue weighted by molar-refractivity contribution is 7.08. The first-order chi connectivity index (χ1) is 13.1. The van der Waals surface area contributed by atoms with Crippen molar-refractivity contribution in [2.24, 2.45) is 0 Å². The molecule has 4 heteroatoms. The molecule has 0 radical (unpaired) electrons. The van der Waals surface area contributed by atoms with Crippen LogP contribution >= 0.6 is 11.3 Å². The molecule has 0 aliphatic heterocycles. The molecule has 4 rings (SSSR count). The Labute approximate surface area is 160 Å². The van der Waals surface area contributed by atoms with E-state index in [2.05, 4.69) is 4.98 Å². The Morgan fingerprint density at radius 1 is 1.07 bits per heavy atom. The number of hydrogen-bond acceptors (Lipinski definition) is 3. The number of benzene rings is 2. The summed E-state index contributed by atoms with van der Waals surface area (Å²) in [6.07, 6.45) is 3.21. The second-order valence-corrected chi connectivity index (χ2v) is 7.15. The minimum absolute atomic E-state index is 0.170. The van der Waals surface area contributed by atoms with Gasteiger partial charge in [0.1, 0.15) is 0 Å². The van der Waals surface area contributed by atoms with E-state index in [1.807, 2.05) is 72.3 Å². The molecule has 0 atom stereocenters. The molecule has 0 amide bonds. The van der Waals surface area contributed by atoms with E-state index >= 15 is 0 Å². The van der Waals surface area contributed by atoms with Gasteiger partial charge in [0.15, 0.2) is 5.78 Å². The molecule has 2 heterocycles. The molecule has 0 unspecified atom stereocenters. The van der Waals surface area contributed by atoms with Crippen LogP contribution in [0.3, 0.4) is 0 Å². The summed E-state index contributed by atoms with van der Waals surface area (Å²) in [6.45, 7) is 1.97. The van der Waals surface area contributed by atoms with Gasteiger partial charge in [-0.25, -0.2) is 0 Å². The maximum Gasteiger partial charge on any atom is 0.260 e. The van der Waals surface area contributed by atoms with Crippen LogP contribution in [0.15, 0.2) is 76.2 Å². The van der Waals surface area contributed by atoms with Crippen LogP contribution in [0.4, 0.5) is 0 Å². The van der Waals surface area contributed by atoms with E-state index in [4.69, 9.17) is 0 Å². The predicted octanol–water partition coefficient (Wildman–Crippen LogP) is 5.46. The molecule has 0 aliphatic carbocycles. The quantitative estimate of drug-likeness (QED) is 0.382. The smallest absolute Gasteiger partial charge is 0.260 e. The van der Waals surface area contributed by atoms with Gasteiger partial charge in [0.25, 0.3) is 5.56 Å². The van der Waals surface area contributed by atoms with Crippen molar-refractivity contribution in [3.63, 3.8) is 0 Å². The lowest BCUT2D eigenvalue weighted by Crippen LogP contribution is -2.18. The zero-order valence-electron chi connectivity index (χ0n) is 14.7. The SMILES string of the molecule is Cc1ccc2c(-c3ccccc3)c(C(=O)/C=C/c3ccsc3)c(=O)[nH]c2c1. The fraction of sp³-hybridized carbons (Fsp3) is 0.0435. The van der Waals surface area contributed by atoms with Gasteiger partial charge < -0.3 is 4.98 Å². The van der Waals surface area contributed by atoms with Crippen molar-refractivity contribution in [3.8, 4) is 11.1 Å². The number of allylic oxidation sites excluding steroid dienone is 1. The van der Waals surface area contributed by atoms with Crippen molar-refractivity contribution in [2.45, 2.75) is 6.92 Å². The van der Waals surface area contributed by atoms with E-state index in [0.29, 0.717) is 5.56 Å². The van der Waals surface area contributed by atoms with Gasteiger partial charge in [-0.1, -0.05) is 48.5 Å². The Morgan fingerprint density at radius 3 is 2.63 bits per heavy atom. The van der Waals surface area contributed by atoms with E-state index in [9.17, 15) is 9.59 Å². The first-order valence-electron chi connectivity index (χ1n) is 8.60. The van der Waals surface area contributed by atoms with Crippen LogP contribution in [-0.4, -0.2) is 10.8 Å². The normalized spacial score (nSPS) is 11.3. The first-order valence-corrected chi connectivity index (χ1v) is 9.54. The molecule has 1 N–H and O–H groups in total. The molecular formula is C23H17NO2S. The number of aromatic nitrogens is 1. The Balaban J connectivity index is 1.96. The molecule has 0 spiro atoms. The fourth-order valence-corrected chi connectivity index (χ4v) is 3.81. The number of H-pyrrole nitrogens is 1. The van der Waals surface area contributed by atoms with Gasteiger partial charge in [-0.15, -0.1) is 0 Å². The Hall–Kier alpha value is -3.24. The summed E-state index contributed by atoms with van der Waals surface area (Å²) < 4.78 is 0. The molecule has 3 nitrogen and oxygen atoms in total. The largest absolute Gasteiger partial charge is 0.321 e. The summed E-state index contributed by atoms with van der Waals surface area (Å²) in [7, 11) is 0. The maximum atomic E-state index is 13.0. The van der Waals surface area contributed by atoms with Crippen molar-refractivity contribution in [1.82, 2.24) is 4.98 Å². The number of fused-ring (bicyclic) bond motifs is 1. The highest BCUT2D eigenvalue weighted by Gasteiger charge is 2.19. The molecule has 0 fully saturated rings. The fourth-order valence-electron chi connectivity index (χ4n) is 3.18. The second-order valence-electron chi connectivity index (χ2n) is 6.37. The number of ketones is 1. The van der Waals surface area contributed by atoms with Gasteiger partial charge in [-0.3, -0.25) is 9.59 Å². The Morgan fingerprint density at radius 2 is 1.89 bits per heavy atom. The maximum absolute atomic E-state index is 13.0. The highest BCUT2D eigenvalue weighted by atomic mass is 32.1. The molecule has 0 bridgehead atoms. The monoisotopic (exact) mass is 371 g/mol. The lowest BCUT2D eigenvalue weighted by Gasteiger charge is -2.12. The van der Waals surface area contributed by atoms with Crippen molar-refractivity contribution in [1.29, 1.82) is 0 Å². The van der Waals surface area contributed by atoms with E-state index in [1.165, 1.54) is 6.08 Å². The van der Waals surface area contributed by atoms with Gasteiger partial charge >= 0.3 is 0 Å². The number of carbonyl (C=O) groups excluding carboxylic acids is 1. The second kappa shape index (κ2) is 7.17. The van der Waals surface area contributed by atoms with E-state index in [0.717, 1.165) is 27.6 Å². The van der Waals surface area contributed by atoms with Crippen molar-refractivity contribution >= 4 is 34.1 Å². The number of hydrogen-bond donors (Lipinski definition) is 1. The van der Waals surface area contributed by atoms with Gasteiger partial charge in [0.2, 0.25) is 0 Å². The number of aromatic amines is 1. The lowest BCUT2D eigenvalue weighted by atomic mass is 9.93. The van der Waals surface area contributed by atoms with E-state index < -0.39 is 0 Å². The molecule has 0 saturated carbocycles. The number of aryl methyl sites for hydroxylation is 1. The number of thiophene rings is 1.